The Morgan fingerprint density at radius 3 is 2.54 bits per heavy atom. The van der Waals surface area contributed by atoms with Gasteiger partial charge < -0.3 is 14.7 Å². The summed E-state index contributed by atoms with van der Waals surface area (Å²) in [6, 6.07) is 1.96. The topological polar surface area (TPSA) is 66.8 Å². The molecule has 1 aliphatic rings. The molecule has 1 aromatic carbocycles. The summed E-state index contributed by atoms with van der Waals surface area (Å²) in [5, 5.41) is 8.80. The number of amides is 1. The molecule has 1 saturated heterocycles. The average molecular weight is 349 g/mol. The Labute approximate surface area is 134 Å². The first-order valence-corrected chi connectivity index (χ1v) is 7.11. The number of carboxylic acids is 1. The van der Waals surface area contributed by atoms with Gasteiger partial charge in [0.1, 0.15) is 5.82 Å². The zero-order valence-corrected chi connectivity index (χ0v) is 12.6. The number of carbonyl (C=O) groups is 2. The van der Waals surface area contributed by atoms with Crippen LogP contribution in [-0.2, 0) is 15.7 Å². The summed E-state index contributed by atoms with van der Waals surface area (Å²) in [6.45, 7) is 1.75. The summed E-state index contributed by atoms with van der Waals surface area (Å²) in [5.41, 5.74) is -1.68. The highest BCUT2D eigenvalue weighted by atomic mass is 19.4. The van der Waals surface area contributed by atoms with E-state index in [-0.39, 0.29) is 25.1 Å². The molecule has 1 aromatic rings. The number of ether oxygens (including phenoxy) is 1. The lowest BCUT2D eigenvalue weighted by atomic mass is 10.1. The van der Waals surface area contributed by atoms with E-state index in [0.29, 0.717) is 12.1 Å². The fraction of sp³-hybridized carbons (Fsp3) is 0.467. The molecule has 2 unspecified atom stereocenters. The Hall–Kier alpha value is -2.16. The standard InChI is InChI=1S/C15H15F4NO4/c1-8-6-20(7-10(24-8)5-13(21)22)14(23)9-2-3-11(12(16)4-9)15(17,18)19/h2-4,8,10H,5-7H2,1H3,(H,21,22). The van der Waals surface area contributed by atoms with E-state index in [0.717, 1.165) is 6.07 Å². The van der Waals surface area contributed by atoms with Gasteiger partial charge >= 0.3 is 12.1 Å². The van der Waals surface area contributed by atoms with Crippen molar-refractivity contribution in [2.45, 2.75) is 31.7 Å². The van der Waals surface area contributed by atoms with E-state index in [1.807, 2.05) is 0 Å². The van der Waals surface area contributed by atoms with Crippen LogP contribution in [0.2, 0.25) is 0 Å². The van der Waals surface area contributed by atoms with Crippen molar-refractivity contribution >= 4 is 11.9 Å². The molecule has 132 valence electrons. The van der Waals surface area contributed by atoms with Crippen molar-refractivity contribution < 1.29 is 37.0 Å². The third-order valence-electron chi connectivity index (χ3n) is 3.54. The van der Waals surface area contributed by atoms with Crippen molar-refractivity contribution in [3.63, 3.8) is 0 Å². The van der Waals surface area contributed by atoms with Crippen LogP contribution in [-0.4, -0.2) is 47.2 Å². The lowest BCUT2D eigenvalue weighted by molar-refractivity contribution is -0.144. The molecule has 1 aliphatic heterocycles. The van der Waals surface area contributed by atoms with Crippen LogP contribution >= 0.6 is 0 Å². The fourth-order valence-corrected chi connectivity index (χ4v) is 2.58. The molecule has 2 atom stereocenters. The first kappa shape index (κ1) is 18.2. The summed E-state index contributed by atoms with van der Waals surface area (Å²) in [4.78, 5) is 24.4. The van der Waals surface area contributed by atoms with E-state index >= 15 is 0 Å². The Morgan fingerprint density at radius 2 is 2.00 bits per heavy atom. The number of aliphatic carboxylic acids is 1. The van der Waals surface area contributed by atoms with Crippen molar-refractivity contribution in [1.29, 1.82) is 0 Å². The molecule has 0 spiro atoms. The van der Waals surface area contributed by atoms with Crippen LogP contribution in [0.4, 0.5) is 17.6 Å². The van der Waals surface area contributed by atoms with E-state index in [2.05, 4.69) is 0 Å². The molecule has 0 radical (unpaired) electrons. The van der Waals surface area contributed by atoms with Crippen LogP contribution in [0.1, 0.15) is 29.3 Å². The molecule has 5 nitrogen and oxygen atoms in total. The number of alkyl halides is 3. The first-order valence-electron chi connectivity index (χ1n) is 7.11. The van der Waals surface area contributed by atoms with Gasteiger partial charge in [-0.1, -0.05) is 0 Å². The summed E-state index contributed by atoms with van der Waals surface area (Å²) in [7, 11) is 0. The number of halogens is 4. The van der Waals surface area contributed by atoms with Crippen LogP contribution in [0, 0.1) is 5.82 Å². The average Bonchev–Trinajstić information content (AvgIpc) is 2.43. The third kappa shape index (κ3) is 4.22. The second kappa shape index (κ2) is 6.76. The van der Waals surface area contributed by atoms with Gasteiger partial charge in [0.15, 0.2) is 0 Å². The molecule has 0 bridgehead atoms. The zero-order chi connectivity index (χ0) is 18.1. The number of rotatable bonds is 3. The molecule has 0 aliphatic carbocycles. The van der Waals surface area contributed by atoms with E-state index < -0.39 is 41.6 Å². The second-order valence-electron chi connectivity index (χ2n) is 5.57. The molecule has 0 saturated carbocycles. The van der Waals surface area contributed by atoms with Gasteiger partial charge in [0, 0.05) is 18.7 Å². The fourth-order valence-electron chi connectivity index (χ4n) is 2.58. The predicted molar refractivity (Wildman–Crippen MR) is 73.9 cm³/mol. The summed E-state index contributed by atoms with van der Waals surface area (Å²) >= 11 is 0. The number of hydrogen-bond donors (Lipinski definition) is 1. The number of carboxylic acid groups (broad SMARTS) is 1. The normalized spacial score (nSPS) is 21.6. The lowest BCUT2D eigenvalue weighted by Gasteiger charge is -2.36. The van der Waals surface area contributed by atoms with Gasteiger partial charge in [-0.25, -0.2) is 4.39 Å². The molecule has 1 heterocycles. The number of benzene rings is 1. The van der Waals surface area contributed by atoms with Gasteiger partial charge in [-0.3, -0.25) is 9.59 Å². The van der Waals surface area contributed by atoms with Crippen molar-refractivity contribution in [2.24, 2.45) is 0 Å². The van der Waals surface area contributed by atoms with E-state index in [4.69, 9.17) is 9.84 Å². The number of nitrogens with zero attached hydrogens (tertiary/aromatic N) is 1. The summed E-state index contributed by atoms with van der Waals surface area (Å²) in [6.07, 6.45) is -6.32. The van der Waals surface area contributed by atoms with Crippen molar-refractivity contribution in [1.82, 2.24) is 4.90 Å². The molecular weight excluding hydrogens is 334 g/mol. The van der Waals surface area contributed by atoms with Gasteiger partial charge in [0.05, 0.1) is 24.2 Å². The molecule has 1 fully saturated rings. The van der Waals surface area contributed by atoms with E-state index in [1.54, 1.807) is 6.92 Å². The maximum atomic E-state index is 13.6. The predicted octanol–water partition coefficient (Wildman–Crippen LogP) is 2.55. The van der Waals surface area contributed by atoms with Crippen molar-refractivity contribution in [3.05, 3.63) is 35.1 Å². The SMILES string of the molecule is CC1CN(C(=O)c2ccc(C(F)(F)F)c(F)c2)CC(CC(=O)O)O1. The highest BCUT2D eigenvalue weighted by Crippen LogP contribution is 2.31. The summed E-state index contributed by atoms with van der Waals surface area (Å²) in [5.74, 6) is -3.30. The van der Waals surface area contributed by atoms with Gasteiger partial charge in [-0.05, 0) is 25.1 Å². The van der Waals surface area contributed by atoms with Gasteiger partial charge in [-0.15, -0.1) is 0 Å². The quantitative estimate of drug-likeness (QED) is 0.852. The van der Waals surface area contributed by atoms with E-state index in [1.165, 1.54) is 4.90 Å². The third-order valence-corrected chi connectivity index (χ3v) is 3.54. The van der Waals surface area contributed by atoms with Crippen LogP contribution in [0.3, 0.4) is 0 Å². The maximum Gasteiger partial charge on any atom is 0.419 e. The highest BCUT2D eigenvalue weighted by Gasteiger charge is 2.35. The second-order valence-corrected chi connectivity index (χ2v) is 5.57. The first-order chi connectivity index (χ1) is 11.1. The molecule has 0 aromatic heterocycles. The molecule has 24 heavy (non-hydrogen) atoms. The van der Waals surface area contributed by atoms with Gasteiger partial charge in [-0.2, -0.15) is 13.2 Å². The molecule has 1 N–H and O–H groups in total. The van der Waals surface area contributed by atoms with E-state index in [9.17, 15) is 27.2 Å². The van der Waals surface area contributed by atoms with Crippen molar-refractivity contribution in [2.75, 3.05) is 13.1 Å². The van der Waals surface area contributed by atoms with Crippen LogP contribution < -0.4 is 0 Å². The Bertz CT molecular complexity index is 647. The van der Waals surface area contributed by atoms with Crippen LogP contribution in [0.15, 0.2) is 18.2 Å². The monoisotopic (exact) mass is 349 g/mol. The Morgan fingerprint density at radius 1 is 1.33 bits per heavy atom. The molecule has 1 amide bonds. The zero-order valence-electron chi connectivity index (χ0n) is 12.6. The maximum absolute atomic E-state index is 13.6. The molecular formula is C15H15F4NO4. The highest BCUT2D eigenvalue weighted by molar-refractivity contribution is 5.94. The van der Waals surface area contributed by atoms with Crippen LogP contribution in [0.25, 0.3) is 0 Å². The smallest absolute Gasteiger partial charge is 0.419 e. The minimum Gasteiger partial charge on any atom is -0.481 e. The van der Waals surface area contributed by atoms with Crippen LogP contribution in [0.5, 0.6) is 0 Å². The minimum absolute atomic E-state index is 0.0296. The summed E-state index contributed by atoms with van der Waals surface area (Å²) < 4.78 is 56.7. The minimum atomic E-state index is -4.84. The lowest BCUT2D eigenvalue weighted by Crippen LogP contribution is -2.49. The number of carbonyl (C=O) groups excluding carboxylic acids is 1. The largest absolute Gasteiger partial charge is 0.481 e. The van der Waals surface area contributed by atoms with Crippen molar-refractivity contribution in [3.8, 4) is 0 Å². The van der Waals surface area contributed by atoms with Gasteiger partial charge in [0.25, 0.3) is 5.91 Å². The number of morpholine rings is 1. The molecule has 9 heteroatoms. The Kier molecular flexibility index (Phi) is 5.12. The molecule has 2 rings (SSSR count). The Balaban J connectivity index is 2.18. The van der Waals surface area contributed by atoms with Gasteiger partial charge in [0.2, 0.25) is 0 Å². The number of hydrogen-bond acceptors (Lipinski definition) is 3.